The van der Waals surface area contributed by atoms with Gasteiger partial charge in [-0.3, -0.25) is 0 Å². The van der Waals surface area contributed by atoms with Crippen molar-refractivity contribution >= 4 is 23.5 Å². The Bertz CT molecular complexity index is 119. The van der Waals surface area contributed by atoms with Gasteiger partial charge in [-0.15, -0.1) is 23.5 Å². The predicted octanol–water partition coefficient (Wildman–Crippen LogP) is 3.13. The molecule has 9 heavy (non-hydrogen) atoms. The summed E-state index contributed by atoms with van der Waals surface area (Å²) in [5.74, 6) is 0. The molecule has 0 aliphatic carbocycles. The van der Waals surface area contributed by atoms with E-state index in [1.54, 1.807) is 23.5 Å². The van der Waals surface area contributed by atoms with E-state index in [9.17, 15) is 0 Å². The lowest BCUT2D eigenvalue weighted by Crippen LogP contribution is -1.67. The molecule has 0 aromatic carbocycles. The van der Waals surface area contributed by atoms with Crippen LogP contribution in [-0.2, 0) is 0 Å². The molecule has 0 aliphatic heterocycles. The molecule has 0 bridgehead atoms. The quantitative estimate of drug-likeness (QED) is 0.582. The van der Waals surface area contributed by atoms with Crippen LogP contribution >= 0.6 is 23.5 Å². The Hall–Kier alpha value is 0.180. The molecule has 0 heterocycles. The summed E-state index contributed by atoms with van der Waals surface area (Å²) >= 11 is 3.52. The van der Waals surface area contributed by atoms with E-state index in [-0.39, 0.29) is 0 Å². The van der Waals surface area contributed by atoms with Gasteiger partial charge in [0.2, 0.25) is 0 Å². The first-order valence-electron chi connectivity index (χ1n) is 2.66. The summed E-state index contributed by atoms with van der Waals surface area (Å²) in [7, 11) is 0. The molecule has 0 atom stereocenters. The molecular weight excluding hydrogens is 148 g/mol. The third kappa shape index (κ3) is 4.67. The van der Waals surface area contributed by atoms with Gasteiger partial charge in [-0.2, -0.15) is 0 Å². The molecule has 0 nitrogen and oxygen atoms in total. The van der Waals surface area contributed by atoms with E-state index in [2.05, 4.69) is 25.2 Å². The second kappa shape index (κ2) is 5.00. The molecule has 0 N–H and O–H groups in total. The van der Waals surface area contributed by atoms with Gasteiger partial charge in [0.25, 0.3) is 0 Å². The summed E-state index contributed by atoms with van der Waals surface area (Å²) < 4.78 is 1.32. The third-order valence-electron chi connectivity index (χ3n) is 0.767. The van der Waals surface area contributed by atoms with Crippen LogP contribution < -0.4 is 0 Å². The fourth-order valence-corrected chi connectivity index (χ4v) is 1.71. The molecule has 0 radical (unpaired) electrons. The van der Waals surface area contributed by atoms with Gasteiger partial charge < -0.3 is 0 Å². The van der Waals surface area contributed by atoms with Crippen molar-refractivity contribution in [2.45, 2.75) is 6.92 Å². The van der Waals surface area contributed by atoms with Gasteiger partial charge in [0.1, 0.15) is 0 Å². The maximum Gasteiger partial charge on any atom is 0.0397 e. The molecule has 0 aromatic heterocycles. The van der Waals surface area contributed by atoms with Gasteiger partial charge in [0.05, 0.1) is 0 Å². The molecular formula is C7H12S2. The second-order valence-electron chi connectivity index (χ2n) is 1.72. The number of thioether (sulfide) groups is 2. The van der Waals surface area contributed by atoms with Crippen molar-refractivity contribution in [3.05, 3.63) is 22.5 Å². The summed E-state index contributed by atoms with van der Waals surface area (Å²) in [5, 5.41) is 0. The van der Waals surface area contributed by atoms with Crippen LogP contribution in [-0.4, -0.2) is 12.5 Å². The lowest BCUT2D eigenvalue weighted by Gasteiger charge is -1.96. The lowest BCUT2D eigenvalue weighted by molar-refractivity contribution is 1.57. The lowest BCUT2D eigenvalue weighted by atomic mass is 10.4. The zero-order valence-electron chi connectivity index (χ0n) is 6.10. The van der Waals surface area contributed by atoms with Crippen LogP contribution in [0, 0.1) is 0 Å². The highest BCUT2D eigenvalue weighted by Gasteiger charge is 1.88. The summed E-state index contributed by atoms with van der Waals surface area (Å²) in [6.07, 6.45) is 6.24. The van der Waals surface area contributed by atoms with Gasteiger partial charge in [-0.1, -0.05) is 12.2 Å². The van der Waals surface area contributed by atoms with Gasteiger partial charge in [-0.05, 0) is 25.5 Å². The van der Waals surface area contributed by atoms with E-state index in [0.29, 0.717) is 0 Å². The first-order chi connectivity index (χ1) is 4.20. The van der Waals surface area contributed by atoms with Crippen LogP contribution in [0.15, 0.2) is 22.5 Å². The van der Waals surface area contributed by atoms with Crippen LogP contribution in [0.25, 0.3) is 0 Å². The van der Waals surface area contributed by atoms with E-state index in [0.717, 1.165) is 5.57 Å². The number of rotatable bonds is 3. The van der Waals surface area contributed by atoms with Crippen LogP contribution in [0.4, 0.5) is 0 Å². The normalized spacial score (nSPS) is 8.78. The van der Waals surface area contributed by atoms with Crippen molar-refractivity contribution in [3.63, 3.8) is 0 Å². The highest BCUT2D eigenvalue weighted by molar-refractivity contribution is 8.21. The SMILES string of the molecule is C=C(C)C=C(SC)SC. The Morgan fingerprint density at radius 3 is 1.89 bits per heavy atom. The summed E-state index contributed by atoms with van der Waals surface area (Å²) in [6.45, 7) is 5.79. The largest absolute Gasteiger partial charge is 0.123 e. The standard InChI is InChI=1S/C7H12S2/c1-6(2)5-7(8-3)9-4/h5H,1H2,2-4H3. The van der Waals surface area contributed by atoms with Crippen molar-refractivity contribution in [2.24, 2.45) is 0 Å². The van der Waals surface area contributed by atoms with E-state index < -0.39 is 0 Å². The Kier molecular flexibility index (Phi) is 5.10. The van der Waals surface area contributed by atoms with Crippen molar-refractivity contribution in [1.82, 2.24) is 0 Å². The monoisotopic (exact) mass is 160 g/mol. The molecule has 52 valence electrons. The summed E-state index contributed by atoms with van der Waals surface area (Å²) in [5.41, 5.74) is 1.12. The fourth-order valence-electron chi connectivity index (χ4n) is 0.402. The molecule has 0 unspecified atom stereocenters. The topological polar surface area (TPSA) is 0 Å². The van der Waals surface area contributed by atoms with E-state index in [1.807, 2.05) is 6.92 Å². The molecule has 0 aromatic rings. The zero-order chi connectivity index (χ0) is 7.28. The Morgan fingerprint density at radius 1 is 1.33 bits per heavy atom. The average Bonchev–Trinajstić information content (AvgIpc) is 1.82. The summed E-state index contributed by atoms with van der Waals surface area (Å²) in [4.78, 5) is 0. The third-order valence-corrected chi connectivity index (χ3v) is 2.81. The van der Waals surface area contributed by atoms with Gasteiger partial charge in [-0.25, -0.2) is 0 Å². The van der Waals surface area contributed by atoms with Gasteiger partial charge >= 0.3 is 0 Å². The Labute approximate surface area is 65.8 Å². The molecule has 0 rings (SSSR count). The predicted molar refractivity (Wildman–Crippen MR) is 49.9 cm³/mol. The van der Waals surface area contributed by atoms with E-state index in [4.69, 9.17) is 0 Å². The van der Waals surface area contributed by atoms with Crippen molar-refractivity contribution < 1.29 is 0 Å². The number of hydrogen-bond donors (Lipinski definition) is 0. The minimum Gasteiger partial charge on any atom is -0.123 e. The Balaban J connectivity index is 3.91. The second-order valence-corrected chi connectivity index (χ2v) is 3.67. The number of hydrogen-bond acceptors (Lipinski definition) is 2. The van der Waals surface area contributed by atoms with Crippen LogP contribution in [0.5, 0.6) is 0 Å². The number of allylic oxidation sites excluding steroid dienone is 2. The molecule has 0 saturated carbocycles. The maximum absolute atomic E-state index is 3.79. The molecule has 0 spiro atoms. The molecule has 0 fully saturated rings. The molecule has 0 amide bonds. The highest BCUT2D eigenvalue weighted by Crippen LogP contribution is 2.24. The first kappa shape index (κ1) is 9.18. The van der Waals surface area contributed by atoms with Crippen LogP contribution in [0.1, 0.15) is 6.92 Å². The van der Waals surface area contributed by atoms with Crippen LogP contribution in [0.3, 0.4) is 0 Å². The average molecular weight is 160 g/mol. The van der Waals surface area contributed by atoms with Gasteiger partial charge in [0, 0.05) is 4.24 Å². The maximum atomic E-state index is 3.79. The van der Waals surface area contributed by atoms with E-state index in [1.165, 1.54) is 4.24 Å². The minimum absolute atomic E-state index is 1.12. The first-order valence-corrected chi connectivity index (χ1v) is 5.11. The summed E-state index contributed by atoms with van der Waals surface area (Å²) in [6, 6.07) is 0. The van der Waals surface area contributed by atoms with Gasteiger partial charge in [0.15, 0.2) is 0 Å². The highest BCUT2D eigenvalue weighted by atomic mass is 32.2. The van der Waals surface area contributed by atoms with Crippen LogP contribution in [0.2, 0.25) is 0 Å². The van der Waals surface area contributed by atoms with Crippen molar-refractivity contribution in [3.8, 4) is 0 Å². The minimum atomic E-state index is 1.12. The zero-order valence-corrected chi connectivity index (χ0v) is 7.73. The molecule has 0 aliphatic rings. The molecule has 0 saturated heterocycles. The van der Waals surface area contributed by atoms with Crippen molar-refractivity contribution in [1.29, 1.82) is 0 Å². The Morgan fingerprint density at radius 2 is 1.78 bits per heavy atom. The fraction of sp³-hybridized carbons (Fsp3) is 0.429. The molecule has 2 heteroatoms. The van der Waals surface area contributed by atoms with E-state index >= 15 is 0 Å². The van der Waals surface area contributed by atoms with Crippen molar-refractivity contribution in [2.75, 3.05) is 12.5 Å². The smallest absolute Gasteiger partial charge is 0.0397 e.